The van der Waals surface area contributed by atoms with E-state index in [9.17, 15) is 13.6 Å². The molecule has 12 heavy (non-hydrogen) atoms. The van der Waals surface area contributed by atoms with Crippen LogP contribution in [-0.4, -0.2) is 19.0 Å². The molecule has 0 amide bonds. The molecule has 0 aromatic rings. The molecule has 0 bridgehead atoms. The van der Waals surface area contributed by atoms with E-state index in [4.69, 9.17) is 0 Å². The Bertz CT molecular complexity index is 73.6. The summed E-state index contributed by atoms with van der Waals surface area (Å²) in [6.45, 7) is 8.37. The summed E-state index contributed by atoms with van der Waals surface area (Å²) in [7, 11) is 0. The van der Waals surface area contributed by atoms with Crippen molar-refractivity contribution in [1.82, 2.24) is 0 Å². The maximum Gasteiger partial charge on any atom is 0.293 e. The third kappa shape index (κ3) is 366. The molecule has 0 heterocycles. The molecule has 0 spiro atoms. The fourth-order valence-electron chi connectivity index (χ4n) is 0.0680. The molecule has 0 atom stereocenters. The molecule has 0 unspecified atom stereocenters. The quantitative estimate of drug-likeness (QED) is 0.617. The van der Waals surface area contributed by atoms with Gasteiger partial charge in [0.2, 0.25) is 5.92 Å². The fourth-order valence-corrected chi connectivity index (χ4v) is 0.0680. The lowest BCUT2D eigenvalue weighted by atomic mass is 10.5. The second-order valence-corrected chi connectivity index (χ2v) is 1.88. The molecule has 0 aromatic carbocycles. The van der Waals surface area contributed by atoms with E-state index in [0.29, 0.717) is 13.1 Å². The molecule has 0 N–H and O–H groups in total. The summed E-state index contributed by atoms with van der Waals surface area (Å²) >= 11 is 0. The summed E-state index contributed by atoms with van der Waals surface area (Å²) in [5, 5.41) is 0. The highest BCUT2D eigenvalue weighted by Gasteiger charge is 2.08. The van der Waals surface area contributed by atoms with E-state index < -0.39 is 5.92 Å². The van der Waals surface area contributed by atoms with Gasteiger partial charge in [-0.25, -0.2) is 8.78 Å². The fraction of sp³-hybridized carbons (Fsp3) is 0.875. The van der Waals surface area contributed by atoms with Gasteiger partial charge in [0.15, 0.2) is 0 Å². The summed E-state index contributed by atoms with van der Waals surface area (Å²) < 4.78 is 26.2. The first kappa shape index (κ1) is 17.4. The van der Waals surface area contributed by atoms with Crippen molar-refractivity contribution in [2.45, 2.75) is 40.5 Å². The number of hydrogen-bond acceptors (Lipinski definition) is 2. The molecular formula is C8H18F2O2. The number of carbonyl (C=O) groups excluding carboxylic acids is 1. The third-order valence-electron chi connectivity index (χ3n) is 0.235. The molecule has 0 rings (SSSR count). The number of halogens is 2. The lowest BCUT2D eigenvalue weighted by Gasteiger charge is -1.94. The van der Waals surface area contributed by atoms with Crippen molar-refractivity contribution in [3.05, 3.63) is 0 Å². The second kappa shape index (κ2) is 13.0. The summed E-state index contributed by atoms with van der Waals surface area (Å²) in [5.74, 6) is -2.50. The molecule has 2 nitrogen and oxygen atoms in total. The minimum absolute atomic E-state index is 0.431. The van der Waals surface area contributed by atoms with E-state index in [1.54, 1.807) is 6.92 Å². The van der Waals surface area contributed by atoms with Crippen molar-refractivity contribution in [2.75, 3.05) is 6.61 Å². The Morgan fingerprint density at radius 1 is 1.33 bits per heavy atom. The molecule has 4 heteroatoms. The minimum atomic E-state index is -2.50. The van der Waals surface area contributed by atoms with Crippen molar-refractivity contribution in [3.8, 4) is 0 Å². The van der Waals surface area contributed by atoms with E-state index in [1.165, 1.54) is 0 Å². The van der Waals surface area contributed by atoms with Crippen LogP contribution in [0.1, 0.15) is 34.6 Å². The first-order valence-corrected chi connectivity index (χ1v) is 3.85. The smallest absolute Gasteiger partial charge is 0.293 e. The number of alkyl halides is 2. The van der Waals surface area contributed by atoms with E-state index in [-0.39, 0.29) is 0 Å². The zero-order valence-corrected chi connectivity index (χ0v) is 8.36. The van der Waals surface area contributed by atoms with Crippen molar-refractivity contribution in [1.29, 1.82) is 0 Å². The van der Waals surface area contributed by atoms with Crippen molar-refractivity contribution in [2.24, 2.45) is 0 Å². The monoisotopic (exact) mass is 184 g/mol. The van der Waals surface area contributed by atoms with E-state index in [0.717, 1.165) is 13.8 Å². The first-order valence-electron chi connectivity index (χ1n) is 3.85. The maximum atomic E-state index is 11.0. The highest BCUT2D eigenvalue weighted by molar-refractivity contribution is 5.36. The zero-order chi connectivity index (χ0) is 10.6. The van der Waals surface area contributed by atoms with Crippen LogP contribution in [0.3, 0.4) is 0 Å². The number of carbonyl (C=O) groups is 1. The van der Waals surface area contributed by atoms with Crippen LogP contribution in [0, 0.1) is 0 Å². The number of ether oxygens (including phenoxy) is 1. The molecule has 0 aliphatic rings. The lowest BCUT2D eigenvalue weighted by molar-refractivity contribution is -0.128. The predicted molar refractivity (Wildman–Crippen MR) is 45.3 cm³/mol. The maximum absolute atomic E-state index is 11.0. The average Bonchev–Trinajstić information content (AvgIpc) is 1.90. The van der Waals surface area contributed by atoms with Crippen molar-refractivity contribution in [3.63, 3.8) is 0 Å². The van der Waals surface area contributed by atoms with Gasteiger partial charge in [-0.05, 0) is 20.8 Å². The van der Waals surface area contributed by atoms with Crippen LogP contribution in [0.25, 0.3) is 0 Å². The van der Waals surface area contributed by atoms with E-state index in [2.05, 4.69) is 4.74 Å². The summed E-state index contributed by atoms with van der Waals surface area (Å²) in [6.07, 6.45) is 0. The molecule has 76 valence electrons. The highest BCUT2D eigenvalue weighted by Crippen LogP contribution is 2.06. The molecule has 0 radical (unpaired) electrons. The molecule has 0 saturated heterocycles. The van der Waals surface area contributed by atoms with Gasteiger partial charge in [-0.1, -0.05) is 13.8 Å². The van der Waals surface area contributed by atoms with Gasteiger partial charge in [0.1, 0.15) is 0 Å². The van der Waals surface area contributed by atoms with Gasteiger partial charge in [0.05, 0.1) is 6.61 Å². The lowest BCUT2D eigenvalue weighted by Crippen LogP contribution is -1.98. The van der Waals surface area contributed by atoms with Gasteiger partial charge in [0.25, 0.3) is 6.47 Å². The van der Waals surface area contributed by atoms with Gasteiger partial charge in [-0.3, -0.25) is 4.79 Å². The molecule has 0 saturated carbocycles. The Morgan fingerprint density at radius 3 is 1.58 bits per heavy atom. The molecule has 0 aromatic heterocycles. The van der Waals surface area contributed by atoms with Gasteiger partial charge >= 0.3 is 0 Å². The summed E-state index contributed by atoms with van der Waals surface area (Å²) in [5.41, 5.74) is 0. The van der Waals surface area contributed by atoms with Gasteiger partial charge in [0, 0.05) is 0 Å². The summed E-state index contributed by atoms with van der Waals surface area (Å²) in [6, 6.07) is 0. The third-order valence-corrected chi connectivity index (χ3v) is 0.235. The van der Waals surface area contributed by atoms with E-state index in [1.807, 2.05) is 13.8 Å². The standard InChI is InChI=1S/C3H6F2.C3H6O2.C2H6/c1-3(2,4)5;1-2-5-3-4;1-2/h1-2H3;3H,2H2,1H3;1-2H3. The van der Waals surface area contributed by atoms with E-state index >= 15 is 0 Å². The largest absolute Gasteiger partial charge is 0.468 e. The second-order valence-electron chi connectivity index (χ2n) is 1.88. The zero-order valence-electron chi connectivity index (χ0n) is 8.36. The summed E-state index contributed by atoms with van der Waals surface area (Å²) in [4.78, 5) is 9.18. The normalized spacial score (nSPS) is 8.25. The predicted octanol–water partition coefficient (Wildman–Crippen LogP) is 2.87. The Labute approximate surface area is 72.9 Å². The van der Waals surface area contributed by atoms with Crippen LogP contribution in [0.15, 0.2) is 0 Å². The van der Waals surface area contributed by atoms with Gasteiger partial charge < -0.3 is 4.74 Å². The van der Waals surface area contributed by atoms with Crippen molar-refractivity contribution >= 4 is 6.47 Å². The van der Waals surface area contributed by atoms with Crippen molar-refractivity contribution < 1.29 is 18.3 Å². The SMILES string of the molecule is CC.CC(C)(F)F.CCOC=O. The Hall–Kier alpha value is -0.670. The Kier molecular flexibility index (Phi) is 18.8. The van der Waals surface area contributed by atoms with Gasteiger partial charge in [-0.2, -0.15) is 0 Å². The highest BCUT2D eigenvalue weighted by atomic mass is 19.3. The van der Waals surface area contributed by atoms with Crippen LogP contribution < -0.4 is 0 Å². The molecule has 0 aliphatic carbocycles. The minimum Gasteiger partial charge on any atom is -0.468 e. The van der Waals surface area contributed by atoms with Crippen LogP contribution in [0.4, 0.5) is 8.78 Å². The van der Waals surface area contributed by atoms with Crippen LogP contribution >= 0.6 is 0 Å². The number of hydrogen-bond donors (Lipinski definition) is 0. The molecular weight excluding hydrogens is 166 g/mol. The Balaban J connectivity index is -0.000000112. The van der Waals surface area contributed by atoms with Crippen LogP contribution in [0.5, 0.6) is 0 Å². The molecule has 0 aliphatic heterocycles. The van der Waals surface area contributed by atoms with Crippen LogP contribution in [-0.2, 0) is 9.53 Å². The Morgan fingerprint density at radius 2 is 1.58 bits per heavy atom. The first-order chi connectivity index (χ1) is 5.41. The molecule has 0 fully saturated rings. The topological polar surface area (TPSA) is 26.3 Å². The average molecular weight is 184 g/mol. The van der Waals surface area contributed by atoms with Crippen LogP contribution in [0.2, 0.25) is 0 Å². The number of rotatable bonds is 2. The van der Waals surface area contributed by atoms with Gasteiger partial charge in [-0.15, -0.1) is 0 Å².